The number of rotatable bonds is 3. The standard InChI is InChI=1S/C18H25N5O/c1-12-8-10-18(11-9-12,19-15(4)24)17-20-21-22-23(17)16-13(2)6-5-7-14(16)3/h5-7,12H,8-11H2,1-4H3,(H,19,24). The summed E-state index contributed by atoms with van der Waals surface area (Å²) in [6.07, 6.45) is 3.83. The first-order chi connectivity index (χ1) is 11.4. The van der Waals surface area contributed by atoms with Gasteiger partial charge in [0.1, 0.15) is 5.54 Å². The first kappa shape index (κ1) is 16.6. The zero-order valence-corrected chi connectivity index (χ0v) is 14.8. The number of aromatic nitrogens is 4. The fraction of sp³-hybridized carbons (Fsp3) is 0.556. The summed E-state index contributed by atoms with van der Waals surface area (Å²) in [4.78, 5) is 11.9. The number of benzene rings is 1. The summed E-state index contributed by atoms with van der Waals surface area (Å²) in [5.41, 5.74) is 2.74. The Morgan fingerprint density at radius 3 is 2.46 bits per heavy atom. The zero-order chi connectivity index (χ0) is 17.3. The predicted molar refractivity (Wildman–Crippen MR) is 91.8 cm³/mol. The molecule has 0 aliphatic heterocycles. The van der Waals surface area contributed by atoms with Gasteiger partial charge < -0.3 is 5.32 Å². The van der Waals surface area contributed by atoms with Crippen LogP contribution in [0.3, 0.4) is 0 Å². The number of nitrogens with one attached hydrogen (secondary N) is 1. The SMILES string of the molecule is CC(=O)NC1(c2nnnn2-c2c(C)cccc2C)CCC(C)CC1. The Bertz CT molecular complexity index is 723. The molecule has 0 unspecified atom stereocenters. The normalized spacial score (nSPS) is 23.9. The van der Waals surface area contributed by atoms with Gasteiger partial charge >= 0.3 is 0 Å². The number of para-hydroxylation sites is 1. The van der Waals surface area contributed by atoms with Crippen molar-refractivity contribution >= 4 is 5.91 Å². The Hall–Kier alpha value is -2.24. The van der Waals surface area contributed by atoms with E-state index in [4.69, 9.17) is 0 Å². The van der Waals surface area contributed by atoms with Gasteiger partial charge in [-0.3, -0.25) is 4.79 Å². The van der Waals surface area contributed by atoms with Crippen molar-refractivity contribution in [2.45, 2.75) is 58.9 Å². The van der Waals surface area contributed by atoms with E-state index < -0.39 is 5.54 Å². The Kier molecular flexibility index (Phi) is 4.39. The highest BCUT2D eigenvalue weighted by atomic mass is 16.1. The van der Waals surface area contributed by atoms with Crippen LogP contribution in [0.25, 0.3) is 5.69 Å². The highest BCUT2D eigenvalue weighted by Gasteiger charge is 2.41. The number of aryl methyl sites for hydroxylation is 2. The van der Waals surface area contributed by atoms with Gasteiger partial charge in [-0.1, -0.05) is 25.1 Å². The largest absolute Gasteiger partial charge is 0.344 e. The molecule has 1 aliphatic carbocycles. The number of tetrazole rings is 1. The lowest BCUT2D eigenvalue weighted by atomic mass is 9.76. The van der Waals surface area contributed by atoms with Gasteiger partial charge in [0.15, 0.2) is 5.82 Å². The van der Waals surface area contributed by atoms with E-state index in [1.54, 1.807) is 6.92 Å². The molecule has 1 fully saturated rings. The molecule has 0 bridgehead atoms. The van der Waals surface area contributed by atoms with Crippen molar-refractivity contribution in [2.24, 2.45) is 5.92 Å². The lowest BCUT2D eigenvalue weighted by molar-refractivity contribution is -0.121. The van der Waals surface area contributed by atoms with Crippen LogP contribution in [0.15, 0.2) is 18.2 Å². The maximum atomic E-state index is 11.9. The van der Waals surface area contributed by atoms with E-state index in [1.165, 1.54) is 0 Å². The lowest BCUT2D eigenvalue weighted by Crippen LogP contribution is -2.49. The fourth-order valence-corrected chi connectivity index (χ4v) is 3.77. The van der Waals surface area contributed by atoms with E-state index in [0.29, 0.717) is 5.92 Å². The summed E-state index contributed by atoms with van der Waals surface area (Å²) in [6.45, 7) is 7.93. The second-order valence-corrected chi connectivity index (χ2v) is 7.10. The predicted octanol–water partition coefficient (Wildman–Crippen LogP) is 2.82. The van der Waals surface area contributed by atoms with Crippen LogP contribution in [0.1, 0.15) is 56.5 Å². The van der Waals surface area contributed by atoms with E-state index in [0.717, 1.165) is 48.3 Å². The van der Waals surface area contributed by atoms with Crippen molar-refractivity contribution in [3.63, 3.8) is 0 Å². The lowest BCUT2D eigenvalue weighted by Gasteiger charge is -2.38. The number of nitrogens with zero attached hydrogens (tertiary/aromatic N) is 4. The van der Waals surface area contributed by atoms with Crippen LogP contribution in [0.5, 0.6) is 0 Å². The molecule has 0 spiro atoms. The molecular formula is C18H25N5O. The highest BCUT2D eigenvalue weighted by molar-refractivity contribution is 5.74. The maximum Gasteiger partial charge on any atom is 0.217 e. The monoisotopic (exact) mass is 327 g/mol. The molecule has 1 saturated carbocycles. The molecule has 128 valence electrons. The van der Waals surface area contributed by atoms with Crippen molar-refractivity contribution in [3.8, 4) is 5.69 Å². The second kappa shape index (κ2) is 6.34. The van der Waals surface area contributed by atoms with Gasteiger partial charge in [0.05, 0.1) is 5.69 Å². The Morgan fingerprint density at radius 1 is 1.25 bits per heavy atom. The molecular weight excluding hydrogens is 302 g/mol. The fourth-order valence-electron chi connectivity index (χ4n) is 3.77. The van der Waals surface area contributed by atoms with Gasteiger partial charge in [0, 0.05) is 6.92 Å². The smallest absolute Gasteiger partial charge is 0.217 e. The van der Waals surface area contributed by atoms with Gasteiger partial charge in [0.2, 0.25) is 5.91 Å². The molecule has 1 aromatic carbocycles. The minimum atomic E-state index is -0.490. The minimum Gasteiger partial charge on any atom is -0.344 e. The molecule has 24 heavy (non-hydrogen) atoms. The third-order valence-corrected chi connectivity index (χ3v) is 5.09. The van der Waals surface area contributed by atoms with Gasteiger partial charge in [0.25, 0.3) is 0 Å². The number of carbonyl (C=O) groups is 1. The zero-order valence-electron chi connectivity index (χ0n) is 14.8. The van der Waals surface area contributed by atoms with E-state index >= 15 is 0 Å². The number of hydrogen-bond acceptors (Lipinski definition) is 4. The topological polar surface area (TPSA) is 72.7 Å². The van der Waals surface area contributed by atoms with Crippen molar-refractivity contribution in [2.75, 3.05) is 0 Å². The van der Waals surface area contributed by atoms with Crippen LogP contribution >= 0.6 is 0 Å². The van der Waals surface area contributed by atoms with Crippen LogP contribution in [-0.4, -0.2) is 26.1 Å². The van der Waals surface area contributed by atoms with Gasteiger partial charge in [-0.15, -0.1) is 5.10 Å². The van der Waals surface area contributed by atoms with E-state index in [2.05, 4.69) is 53.7 Å². The maximum absolute atomic E-state index is 11.9. The average molecular weight is 327 g/mol. The van der Waals surface area contributed by atoms with Crippen molar-refractivity contribution in [1.82, 2.24) is 25.5 Å². The molecule has 1 heterocycles. The highest BCUT2D eigenvalue weighted by Crippen LogP contribution is 2.39. The van der Waals surface area contributed by atoms with Crippen LogP contribution in [0.2, 0.25) is 0 Å². The Balaban J connectivity index is 2.11. The molecule has 1 aromatic heterocycles. The molecule has 0 saturated heterocycles. The summed E-state index contributed by atoms with van der Waals surface area (Å²) >= 11 is 0. The van der Waals surface area contributed by atoms with E-state index in [9.17, 15) is 4.79 Å². The summed E-state index contributed by atoms with van der Waals surface area (Å²) in [7, 11) is 0. The van der Waals surface area contributed by atoms with Gasteiger partial charge in [-0.2, -0.15) is 4.68 Å². The molecule has 1 aliphatic rings. The van der Waals surface area contributed by atoms with Gasteiger partial charge in [-0.25, -0.2) is 0 Å². The molecule has 0 radical (unpaired) electrons. The molecule has 1 N–H and O–H groups in total. The first-order valence-corrected chi connectivity index (χ1v) is 8.57. The van der Waals surface area contributed by atoms with Crippen molar-refractivity contribution in [1.29, 1.82) is 0 Å². The molecule has 0 atom stereocenters. The number of amides is 1. The summed E-state index contributed by atoms with van der Waals surface area (Å²) < 4.78 is 1.82. The van der Waals surface area contributed by atoms with Crippen molar-refractivity contribution < 1.29 is 4.79 Å². The summed E-state index contributed by atoms with van der Waals surface area (Å²) in [5.74, 6) is 1.36. The molecule has 3 rings (SSSR count). The van der Waals surface area contributed by atoms with Crippen molar-refractivity contribution in [3.05, 3.63) is 35.2 Å². The van der Waals surface area contributed by atoms with E-state index in [1.807, 2.05) is 10.7 Å². The molecule has 6 heteroatoms. The third kappa shape index (κ3) is 2.92. The summed E-state index contributed by atoms with van der Waals surface area (Å²) in [6, 6.07) is 6.15. The molecule has 1 amide bonds. The third-order valence-electron chi connectivity index (χ3n) is 5.09. The van der Waals surface area contributed by atoms with Crippen LogP contribution in [0.4, 0.5) is 0 Å². The Morgan fingerprint density at radius 2 is 1.88 bits per heavy atom. The second-order valence-electron chi connectivity index (χ2n) is 7.10. The van der Waals surface area contributed by atoms with Gasteiger partial charge in [-0.05, 0) is 67.0 Å². The average Bonchev–Trinajstić information content (AvgIpc) is 2.99. The van der Waals surface area contributed by atoms with E-state index in [-0.39, 0.29) is 5.91 Å². The Labute approximate surface area is 142 Å². The number of carbonyl (C=O) groups excluding carboxylic acids is 1. The molecule has 2 aromatic rings. The quantitative estimate of drug-likeness (QED) is 0.941. The first-order valence-electron chi connectivity index (χ1n) is 8.57. The number of hydrogen-bond donors (Lipinski definition) is 1. The molecule has 6 nitrogen and oxygen atoms in total. The van der Waals surface area contributed by atoms with Crippen LogP contribution in [-0.2, 0) is 10.3 Å². The summed E-state index contributed by atoms with van der Waals surface area (Å²) in [5, 5.41) is 15.7. The van der Waals surface area contributed by atoms with Crippen LogP contribution in [0, 0.1) is 19.8 Å². The van der Waals surface area contributed by atoms with Crippen LogP contribution < -0.4 is 5.32 Å². The minimum absolute atomic E-state index is 0.0411.